The third-order valence-electron chi connectivity index (χ3n) is 6.43. The van der Waals surface area contributed by atoms with Gasteiger partial charge in [-0.05, 0) is 42.7 Å². The van der Waals surface area contributed by atoms with Crippen LogP contribution in [0.2, 0.25) is 0 Å². The van der Waals surface area contributed by atoms with Gasteiger partial charge >= 0.3 is 0 Å². The van der Waals surface area contributed by atoms with Crippen molar-refractivity contribution in [2.24, 2.45) is 5.92 Å². The maximum atomic E-state index is 13.5. The fourth-order valence-electron chi connectivity index (χ4n) is 4.51. The summed E-state index contributed by atoms with van der Waals surface area (Å²) < 4.78 is 27.0. The number of hydrogen-bond donors (Lipinski definition) is 2. The van der Waals surface area contributed by atoms with Gasteiger partial charge in [-0.2, -0.15) is 0 Å². The number of halogens is 2. The summed E-state index contributed by atoms with van der Waals surface area (Å²) in [7, 11) is 0. The quantitative estimate of drug-likeness (QED) is 0.678. The van der Waals surface area contributed by atoms with Crippen LogP contribution in [0, 0.1) is 17.6 Å². The molecular weight excluding hydrogens is 432 g/mol. The Bertz CT molecular complexity index is 1110. The first-order valence-corrected chi connectivity index (χ1v) is 10.7. The van der Waals surface area contributed by atoms with E-state index in [0.29, 0.717) is 18.5 Å². The van der Waals surface area contributed by atoms with Gasteiger partial charge in [0.15, 0.2) is 0 Å². The van der Waals surface area contributed by atoms with Gasteiger partial charge in [0.1, 0.15) is 11.6 Å². The monoisotopic (exact) mass is 455 g/mol. The van der Waals surface area contributed by atoms with Crippen LogP contribution in [0.1, 0.15) is 38.2 Å². The van der Waals surface area contributed by atoms with Crippen molar-refractivity contribution in [2.45, 2.75) is 38.0 Å². The summed E-state index contributed by atoms with van der Waals surface area (Å²) in [5.74, 6) is -3.66. The van der Waals surface area contributed by atoms with Crippen molar-refractivity contribution in [3.05, 3.63) is 59.7 Å². The molecule has 0 bridgehead atoms. The van der Waals surface area contributed by atoms with E-state index in [2.05, 4.69) is 10.6 Å². The predicted molar refractivity (Wildman–Crippen MR) is 116 cm³/mol. The van der Waals surface area contributed by atoms with E-state index in [1.165, 1.54) is 4.90 Å². The summed E-state index contributed by atoms with van der Waals surface area (Å²) in [4.78, 5) is 50.3. The number of amides is 4. The Kier molecular flexibility index (Phi) is 5.97. The fraction of sp³-hybridized carbons (Fsp3) is 0.333. The van der Waals surface area contributed by atoms with Crippen LogP contribution in [0.5, 0.6) is 0 Å². The van der Waals surface area contributed by atoms with Gasteiger partial charge in [0.05, 0.1) is 11.3 Å². The Morgan fingerprint density at radius 2 is 1.79 bits per heavy atom. The molecule has 172 valence electrons. The molecule has 2 fully saturated rings. The fourth-order valence-corrected chi connectivity index (χ4v) is 4.51. The summed E-state index contributed by atoms with van der Waals surface area (Å²) in [6, 6.07) is 9.66. The Hall–Kier alpha value is -3.62. The molecule has 0 radical (unpaired) electrons. The van der Waals surface area contributed by atoms with Gasteiger partial charge < -0.3 is 10.2 Å². The zero-order valence-corrected chi connectivity index (χ0v) is 18.0. The van der Waals surface area contributed by atoms with Crippen LogP contribution < -0.4 is 15.5 Å². The third-order valence-corrected chi connectivity index (χ3v) is 6.43. The topological polar surface area (TPSA) is 95.6 Å². The molecule has 2 aliphatic rings. The van der Waals surface area contributed by atoms with Gasteiger partial charge in [-0.3, -0.25) is 24.5 Å². The second kappa shape index (κ2) is 8.73. The van der Waals surface area contributed by atoms with Crippen molar-refractivity contribution in [1.29, 1.82) is 0 Å². The van der Waals surface area contributed by atoms with Gasteiger partial charge in [-0.1, -0.05) is 19.1 Å². The van der Waals surface area contributed by atoms with Gasteiger partial charge in [-0.25, -0.2) is 8.78 Å². The normalized spacial score (nSPS) is 22.9. The average Bonchev–Trinajstić information content (AvgIpc) is 3.16. The molecule has 2 aromatic carbocycles. The van der Waals surface area contributed by atoms with Crippen molar-refractivity contribution in [3.8, 4) is 0 Å². The molecule has 9 heteroatoms. The molecule has 2 atom stereocenters. The lowest BCUT2D eigenvalue weighted by Gasteiger charge is -2.35. The number of nitrogens with one attached hydrogen (secondary N) is 2. The molecule has 0 saturated carbocycles. The number of benzene rings is 2. The van der Waals surface area contributed by atoms with E-state index in [1.807, 2.05) is 6.92 Å². The molecule has 2 aliphatic heterocycles. The highest BCUT2D eigenvalue weighted by molar-refractivity contribution is 6.04. The number of anilines is 2. The minimum Gasteiger partial charge on any atom is -0.326 e. The molecule has 7 nitrogen and oxygen atoms in total. The largest absolute Gasteiger partial charge is 0.326 e. The summed E-state index contributed by atoms with van der Waals surface area (Å²) >= 11 is 0. The number of carbonyl (C=O) groups is 4. The molecule has 4 amide bonds. The average molecular weight is 455 g/mol. The molecule has 2 unspecified atom stereocenters. The van der Waals surface area contributed by atoms with Gasteiger partial charge in [0.2, 0.25) is 23.6 Å². The van der Waals surface area contributed by atoms with Crippen LogP contribution in [0.4, 0.5) is 20.2 Å². The summed E-state index contributed by atoms with van der Waals surface area (Å²) in [6.07, 6.45) is 1.13. The first-order valence-electron chi connectivity index (χ1n) is 10.7. The SMILES string of the molecule is CCC1(c2ccc(NC(=O)C3CC(=O)N(c4cc(F)cc(F)c4)C3)cc2)CCC(=O)NC1=O. The molecule has 2 N–H and O–H groups in total. The molecule has 2 aromatic rings. The zero-order chi connectivity index (χ0) is 23.8. The molecule has 0 aromatic heterocycles. The van der Waals surface area contributed by atoms with Crippen LogP contribution in [-0.4, -0.2) is 30.2 Å². The van der Waals surface area contributed by atoms with Crippen molar-refractivity contribution in [3.63, 3.8) is 0 Å². The second-order valence-corrected chi connectivity index (χ2v) is 8.41. The highest BCUT2D eigenvalue weighted by Gasteiger charge is 2.42. The number of hydrogen-bond acceptors (Lipinski definition) is 4. The maximum absolute atomic E-state index is 13.5. The summed E-state index contributed by atoms with van der Waals surface area (Å²) in [5, 5.41) is 5.16. The Labute approximate surface area is 189 Å². The number of piperidine rings is 1. The van der Waals surface area contributed by atoms with Crippen molar-refractivity contribution in [2.75, 3.05) is 16.8 Å². The molecule has 2 saturated heterocycles. The highest BCUT2D eigenvalue weighted by Crippen LogP contribution is 2.36. The smallest absolute Gasteiger partial charge is 0.237 e. The number of rotatable bonds is 5. The van der Waals surface area contributed by atoms with Crippen LogP contribution in [0.15, 0.2) is 42.5 Å². The highest BCUT2D eigenvalue weighted by atomic mass is 19.1. The Balaban J connectivity index is 1.44. The number of carbonyl (C=O) groups excluding carboxylic acids is 4. The van der Waals surface area contributed by atoms with E-state index < -0.39 is 28.9 Å². The van der Waals surface area contributed by atoms with Crippen LogP contribution in [0.25, 0.3) is 0 Å². The zero-order valence-electron chi connectivity index (χ0n) is 18.0. The minimum absolute atomic E-state index is 0.0127. The third kappa shape index (κ3) is 4.35. The molecule has 4 rings (SSSR count). The molecular formula is C24H23F2N3O4. The molecule has 2 heterocycles. The summed E-state index contributed by atoms with van der Waals surface area (Å²) in [6.45, 7) is 1.90. The lowest BCUT2D eigenvalue weighted by atomic mass is 9.72. The van der Waals surface area contributed by atoms with Crippen LogP contribution in [0.3, 0.4) is 0 Å². The lowest BCUT2D eigenvalue weighted by Crippen LogP contribution is -2.51. The van der Waals surface area contributed by atoms with Gasteiger partial charge in [-0.15, -0.1) is 0 Å². The van der Waals surface area contributed by atoms with E-state index in [4.69, 9.17) is 0 Å². The van der Waals surface area contributed by atoms with Crippen molar-refractivity contribution in [1.82, 2.24) is 5.32 Å². The summed E-state index contributed by atoms with van der Waals surface area (Å²) in [5.41, 5.74) is 0.523. The van der Waals surface area contributed by atoms with E-state index in [-0.39, 0.29) is 42.8 Å². The van der Waals surface area contributed by atoms with Crippen molar-refractivity contribution >= 4 is 35.0 Å². The van der Waals surface area contributed by atoms with Gasteiger partial charge in [0.25, 0.3) is 0 Å². The Morgan fingerprint density at radius 1 is 1.12 bits per heavy atom. The first kappa shape index (κ1) is 22.6. The lowest BCUT2D eigenvalue weighted by molar-refractivity contribution is -0.138. The molecule has 0 aliphatic carbocycles. The van der Waals surface area contributed by atoms with E-state index in [0.717, 1.165) is 23.8 Å². The van der Waals surface area contributed by atoms with Crippen LogP contribution >= 0.6 is 0 Å². The van der Waals surface area contributed by atoms with Crippen molar-refractivity contribution < 1.29 is 28.0 Å². The predicted octanol–water partition coefficient (Wildman–Crippen LogP) is 3.04. The van der Waals surface area contributed by atoms with E-state index in [9.17, 15) is 28.0 Å². The van der Waals surface area contributed by atoms with E-state index >= 15 is 0 Å². The number of imide groups is 1. The Morgan fingerprint density at radius 3 is 2.39 bits per heavy atom. The first-order chi connectivity index (χ1) is 15.7. The van der Waals surface area contributed by atoms with E-state index in [1.54, 1.807) is 24.3 Å². The molecule has 0 spiro atoms. The maximum Gasteiger partial charge on any atom is 0.237 e. The minimum atomic E-state index is -0.799. The number of nitrogens with zero attached hydrogens (tertiary/aromatic N) is 1. The van der Waals surface area contributed by atoms with Gasteiger partial charge in [0, 0.05) is 36.8 Å². The molecule has 33 heavy (non-hydrogen) atoms. The second-order valence-electron chi connectivity index (χ2n) is 8.41. The van der Waals surface area contributed by atoms with Crippen LogP contribution in [-0.2, 0) is 24.6 Å². The standard InChI is InChI=1S/C24H23F2N3O4/c1-2-24(8-7-20(30)28-23(24)33)15-3-5-18(6-4-15)27-22(32)14-9-21(31)29(13-14)19-11-16(25)10-17(26)12-19/h3-6,10-12,14H,2,7-9,13H2,1H3,(H,27,32)(H,28,30,33).